The van der Waals surface area contributed by atoms with E-state index in [1.165, 1.54) is 11.3 Å². The lowest BCUT2D eigenvalue weighted by Gasteiger charge is -2.41. The van der Waals surface area contributed by atoms with Gasteiger partial charge in [-0.25, -0.2) is 4.79 Å². The topological polar surface area (TPSA) is 91.6 Å². The van der Waals surface area contributed by atoms with Gasteiger partial charge in [-0.15, -0.1) is 0 Å². The number of hydrogen-bond acceptors (Lipinski definition) is 6. The van der Waals surface area contributed by atoms with Crippen molar-refractivity contribution < 1.29 is 24.6 Å². The molecule has 4 rings (SSSR count). The Balaban J connectivity index is 1.46. The maximum absolute atomic E-state index is 11.4. The van der Waals surface area contributed by atoms with Crippen LogP contribution in [0.25, 0.3) is 0 Å². The van der Waals surface area contributed by atoms with Crippen LogP contribution in [0.2, 0.25) is 0 Å². The van der Waals surface area contributed by atoms with Crippen LogP contribution in [-0.2, 0) is 21.4 Å². The first kappa shape index (κ1) is 28.2. The average Bonchev–Trinajstić information content (AvgIpc) is 2.92. The second-order valence-electron chi connectivity index (χ2n) is 10.6. The van der Waals surface area contributed by atoms with E-state index >= 15 is 0 Å². The Morgan fingerprint density at radius 2 is 1.82 bits per heavy atom. The number of carboxylic acid groups (broad SMARTS) is 1. The van der Waals surface area contributed by atoms with Gasteiger partial charge in [0, 0.05) is 36.4 Å². The molecular formula is C32H38N2O5. The first-order valence-corrected chi connectivity index (χ1v) is 13.5. The number of aryl methyl sites for hydroxylation is 1. The molecule has 3 aromatic carbocycles. The van der Waals surface area contributed by atoms with Gasteiger partial charge in [0.1, 0.15) is 18.1 Å². The molecule has 7 heteroatoms. The van der Waals surface area contributed by atoms with Gasteiger partial charge in [0.05, 0.1) is 6.54 Å². The van der Waals surface area contributed by atoms with Crippen LogP contribution in [-0.4, -0.2) is 54.4 Å². The van der Waals surface area contributed by atoms with Crippen molar-refractivity contribution in [2.75, 3.05) is 31.2 Å². The summed E-state index contributed by atoms with van der Waals surface area (Å²) in [4.78, 5) is 13.7. The van der Waals surface area contributed by atoms with Crippen LogP contribution >= 0.6 is 0 Å². The van der Waals surface area contributed by atoms with Crippen molar-refractivity contribution in [3.63, 3.8) is 0 Å². The second kappa shape index (κ2) is 12.3. The van der Waals surface area contributed by atoms with Crippen molar-refractivity contribution in [2.45, 2.75) is 52.1 Å². The number of carboxylic acids is 1. The predicted molar refractivity (Wildman–Crippen MR) is 154 cm³/mol. The predicted octanol–water partition coefficient (Wildman–Crippen LogP) is 5.82. The quantitative estimate of drug-likeness (QED) is 0.184. The number of ether oxygens (including phenoxy) is 2. The van der Waals surface area contributed by atoms with Gasteiger partial charge in [-0.05, 0) is 66.6 Å². The van der Waals surface area contributed by atoms with Crippen LogP contribution in [0.15, 0.2) is 71.9 Å². The average molecular weight is 531 g/mol. The van der Waals surface area contributed by atoms with Crippen molar-refractivity contribution in [1.29, 1.82) is 0 Å². The molecule has 7 nitrogen and oxygen atoms in total. The monoisotopic (exact) mass is 530 g/mol. The highest BCUT2D eigenvalue weighted by Gasteiger charge is 2.32. The van der Waals surface area contributed by atoms with Gasteiger partial charge < -0.3 is 24.7 Å². The minimum Gasteiger partial charge on any atom is -0.492 e. The zero-order valence-corrected chi connectivity index (χ0v) is 23.2. The Kier molecular flexibility index (Phi) is 8.92. The van der Waals surface area contributed by atoms with Crippen LogP contribution in [0.5, 0.6) is 5.75 Å². The summed E-state index contributed by atoms with van der Waals surface area (Å²) in [6.45, 7) is 10.9. The third kappa shape index (κ3) is 6.60. The molecule has 1 aliphatic rings. The number of benzene rings is 3. The van der Waals surface area contributed by atoms with Crippen molar-refractivity contribution in [3.05, 3.63) is 94.5 Å². The van der Waals surface area contributed by atoms with Crippen molar-refractivity contribution in [3.8, 4) is 5.75 Å². The van der Waals surface area contributed by atoms with E-state index in [9.17, 15) is 15.1 Å². The largest absolute Gasteiger partial charge is 0.492 e. The van der Waals surface area contributed by atoms with Gasteiger partial charge >= 0.3 is 5.97 Å². The molecule has 0 fully saturated rings. The zero-order chi connectivity index (χ0) is 28.0. The van der Waals surface area contributed by atoms with Crippen molar-refractivity contribution in [1.82, 2.24) is 0 Å². The van der Waals surface area contributed by atoms with Gasteiger partial charge in [-0.1, -0.05) is 61.5 Å². The Bertz CT molecular complexity index is 1300. The summed E-state index contributed by atoms with van der Waals surface area (Å²) in [7, 11) is 0. The third-order valence-electron chi connectivity index (χ3n) is 7.44. The number of oxime groups is 1. The van der Waals surface area contributed by atoms with Gasteiger partial charge in [0.25, 0.3) is 0 Å². The molecule has 0 saturated heterocycles. The Labute approximate surface area is 230 Å². The molecule has 1 atom stereocenters. The number of hydrogen-bond donors (Lipinski definition) is 2. The van der Waals surface area contributed by atoms with E-state index in [4.69, 9.17) is 9.47 Å². The van der Waals surface area contributed by atoms with Gasteiger partial charge in [-0.3, -0.25) is 0 Å². The highest BCUT2D eigenvalue weighted by atomic mass is 16.5. The summed E-state index contributed by atoms with van der Waals surface area (Å²) in [5.74, 6) is -0.206. The molecule has 0 amide bonds. The fourth-order valence-electron chi connectivity index (χ4n) is 5.14. The summed E-state index contributed by atoms with van der Waals surface area (Å²) >= 11 is 0. The molecule has 3 aromatic rings. The smallest absolute Gasteiger partial charge is 0.333 e. The first-order valence-electron chi connectivity index (χ1n) is 13.5. The number of nitrogens with zero attached hydrogens (tertiary/aromatic N) is 2. The van der Waals surface area contributed by atoms with E-state index < -0.39 is 12.1 Å². The van der Waals surface area contributed by atoms with E-state index in [0.717, 1.165) is 47.5 Å². The number of fused-ring (bicyclic) bond motifs is 1. The molecule has 1 unspecified atom stereocenters. The fourth-order valence-corrected chi connectivity index (χ4v) is 5.14. The van der Waals surface area contributed by atoms with Crippen LogP contribution in [0.1, 0.15) is 55.0 Å². The molecule has 0 radical (unpaired) electrons. The third-order valence-corrected chi connectivity index (χ3v) is 7.44. The lowest BCUT2D eigenvalue weighted by atomic mass is 9.76. The van der Waals surface area contributed by atoms with Gasteiger partial charge in [0.15, 0.2) is 6.10 Å². The van der Waals surface area contributed by atoms with E-state index in [1.54, 1.807) is 6.92 Å². The van der Waals surface area contributed by atoms with Gasteiger partial charge in [-0.2, -0.15) is 0 Å². The minimum atomic E-state index is -0.954. The zero-order valence-electron chi connectivity index (χ0n) is 23.2. The first-order chi connectivity index (χ1) is 18.7. The van der Waals surface area contributed by atoms with E-state index in [1.807, 2.05) is 54.6 Å². The molecule has 0 spiro atoms. The molecule has 2 N–H and O–H groups in total. The van der Waals surface area contributed by atoms with Crippen molar-refractivity contribution in [2.24, 2.45) is 5.16 Å². The minimum absolute atomic E-state index is 0.0163. The second-order valence-corrected chi connectivity index (χ2v) is 10.6. The molecule has 1 aliphatic heterocycles. The van der Waals surface area contributed by atoms with Crippen LogP contribution in [0, 0.1) is 6.92 Å². The highest BCUT2D eigenvalue weighted by molar-refractivity contribution is 6.13. The van der Waals surface area contributed by atoms with Gasteiger partial charge in [0.2, 0.25) is 0 Å². The molecule has 1 heterocycles. The molecular weight excluding hydrogens is 492 g/mol. The number of carbonyl (C=O) groups is 1. The number of anilines is 1. The van der Waals surface area contributed by atoms with Crippen LogP contribution in [0.3, 0.4) is 0 Å². The van der Waals surface area contributed by atoms with Crippen molar-refractivity contribution >= 4 is 17.4 Å². The normalized spacial score (nSPS) is 15.5. The summed E-state index contributed by atoms with van der Waals surface area (Å²) in [6, 6.07) is 21.7. The molecule has 0 saturated carbocycles. The maximum Gasteiger partial charge on any atom is 0.333 e. The fraction of sp³-hybridized carbons (Fsp3) is 0.375. The number of rotatable bonds is 11. The van der Waals surface area contributed by atoms with E-state index in [2.05, 4.69) is 43.0 Å². The Morgan fingerprint density at radius 3 is 2.46 bits per heavy atom. The molecule has 0 aliphatic carbocycles. The lowest BCUT2D eigenvalue weighted by Crippen LogP contribution is -2.39. The SMILES string of the molecule is CCOC(Cc1ccc(OCCN2CCC(C)(C)c3cc(/C(=N/O)c4ccccc4)c(C)cc32)cc1)C(=O)O. The number of aliphatic carboxylic acids is 1. The maximum atomic E-state index is 11.4. The Hall–Kier alpha value is -3.84. The summed E-state index contributed by atoms with van der Waals surface area (Å²) in [6.07, 6.45) is 0.471. The highest BCUT2D eigenvalue weighted by Crippen LogP contribution is 2.41. The van der Waals surface area contributed by atoms with E-state index in [-0.39, 0.29) is 5.41 Å². The van der Waals surface area contributed by atoms with Crippen LogP contribution in [0.4, 0.5) is 5.69 Å². The molecule has 0 bridgehead atoms. The summed E-state index contributed by atoms with van der Waals surface area (Å²) < 4.78 is 11.4. The molecule has 39 heavy (non-hydrogen) atoms. The lowest BCUT2D eigenvalue weighted by molar-refractivity contribution is -0.149. The molecule has 0 aromatic heterocycles. The molecule has 206 valence electrons. The summed E-state index contributed by atoms with van der Waals surface area (Å²) in [5.41, 5.74) is 6.74. The standard InChI is InChI=1S/C32H38N2O5/c1-5-38-29(31(35)36)20-23-11-13-25(14-12-23)39-18-17-34-16-15-32(3,4)27-21-26(22(2)19-28(27)34)30(33-37)24-9-7-6-8-10-24/h6-14,19,21,29,37H,5,15-18,20H2,1-4H3,(H,35,36)/b33-30+. The summed E-state index contributed by atoms with van der Waals surface area (Å²) in [5, 5.41) is 22.9. The Morgan fingerprint density at radius 1 is 1.10 bits per heavy atom. The van der Waals surface area contributed by atoms with Crippen LogP contribution < -0.4 is 9.64 Å². The van der Waals surface area contributed by atoms with E-state index in [0.29, 0.717) is 25.3 Å².